The lowest BCUT2D eigenvalue weighted by Gasteiger charge is -2.35. The fraction of sp³-hybridized carbons (Fsp3) is 0.571. The molecule has 0 amide bonds. The van der Waals surface area contributed by atoms with E-state index in [1.165, 1.54) is 6.07 Å². The van der Waals surface area contributed by atoms with E-state index >= 15 is 0 Å². The molecule has 0 bridgehead atoms. The topological polar surface area (TPSA) is 20.2 Å². The van der Waals surface area contributed by atoms with Crippen molar-refractivity contribution >= 4 is 0 Å². The summed E-state index contributed by atoms with van der Waals surface area (Å²) in [6.45, 7) is 2.09. The summed E-state index contributed by atoms with van der Waals surface area (Å²) in [5, 5.41) is 10.4. The van der Waals surface area contributed by atoms with E-state index in [2.05, 4.69) is 6.92 Å². The Morgan fingerprint density at radius 1 is 1.41 bits per heavy atom. The molecule has 1 aromatic rings. The average Bonchev–Trinajstić information content (AvgIpc) is 2.22. The third kappa shape index (κ3) is 3.03. The summed E-state index contributed by atoms with van der Waals surface area (Å²) in [6, 6.07) is 3.42. The number of halogens is 2. The van der Waals surface area contributed by atoms with Gasteiger partial charge in [0.1, 0.15) is 11.6 Å². The Kier molecular flexibility index (Phi) is 3.48. The zero-order chi connectivity index (χ0) is 12.5. The van der Waals surface area contributed by atoms with Crippen molar-refractivity contribution in [2.45, 2.75) is 44.6 Å². The van der Waals surface area contributed by atoms with Crippen molar-refractivity contribution in [2.24, 2.45) is 5.92 Å². The highest BCUT2D eigenvalue weighted by Gasteiger charge is 2.33. The van der Waals surface area contributed by atoms with Crippen molar-refractivity contribution in [1.29, 1.82) is 0 Å². The summed E-state index contributed by atoms with van der Waals surface area (Å²) in [4.78, 5) is 0. The zero-order valence-electron chi connectivity index (χ0n) is 10.0. The van der Waals surface area contributed by atoms with Crippen molar-refractivity contribution in [3.05, 3.63) is 35.4 Å². The van der Waals surface area contributed by atoms with Gasteiger partial charge < -0.3 is 5.11 Å². The lowest BCUT2D eigenvalue weighted by Crippen LogP contribution is -2.37. The fourth-order valence-electron chi connectivity index (χ4n) is 2.83. The van der Waals surface area contributed by atoms with Crippen molar-refractivity contribution in [3.8, 4) is 0 Å². The van der Waals surface area contributed by atoms with Gasteiger partial charge in [0.05, 0.1) is 5.60 Å². The molecule has 0 spiro atoms. The molecule has 0 heterocycles. The predicted octanol–water partition coefficient (Wildman–Crippen LogP) is 3.45. The van der Waals surface area contributed by atoms with Crippen LogP contribution in [0.4, 0.5) is 8.78 Å². The quantitative estimate of drug-likeness (QED) is 0.839. The molecule has 0 saturated heterocycles. The van der Waals surface area contributed by atoms with E-state index < -0.39 is 17.2 Å². The molecule has 1 fully saturated rings. The Morgan fingerprint density at radius 2 is 2.18 bits per heavy atom. The summed E-state index contributed by atoms with van der Waals surface area (Å²) in [7, 11) is 0. The maximum absolute atomic E-state index is 13.5. The van der Waals surface area contributed by atoms with Gasteiger partial charge in [-0.05, 0) is 42.5 Å². The normalized spacial score (nSPS) is 29.3. The Labute approximate surface area is 100 Å². The Hall–Kier alpha value is -0.960. The average molecular weight is 240 g/mol. The van der Waals surface area contributed by atoms with E-state index in [1.54, 1.807) is 0 Å². The molecule has 1 N–H and O–H groups in total. The van der Waals surface area contributed by atoms with E-state index in [1.807, 2.05) is 0 Å². The molecule has 1 nitrogen and oxygen atoms in total. The summed E-state index contributed by atoms with van der Waals surface area (Å²) < 4.78 is 26.6. The van der Waals surface area contributed by atoms with E-state index in [9.17, 15) is 13.9 Å². The fourth-order valence-corrected chi connectivity index (χ4v) is 2.83. The molecule has 1 aromatic carbocycles. The molecule has 2 rings (SSSR count). The lowest BCUT2D eigenvalue weighted by atomic mass is 9.76. The van der Waals surface area contributed by atoms with E-state index in [0.717, 1.165) is 25.0 Å². The summed E-state index contributed by atoms with van der Waals surface area (Å²) in [6.07, 6.45) is 3.61. The van der Waals surface area contributed by atoms with Crippen molar-refractivity contribution in [2.75, 3.05) is 0 Å². The predicted molar refractivity (Wildman–Crippen MR) is 62.6 cm³/mol. The third-order valence-corrected chi connectivity index (χ3v) is 3.59. The second kappa shape index (κ2) is 4.73. The number of hydrogen-bond donors (Lipinski definition) is 1. The van der Waals surface area contributed by atoms with Crippen LogP contribution in [0.3, 0.4) is 0 Å². The maximum Gasteiger partial charge on any atom is 0.126 e. The minimum atomic E-state index is -0.869. The van der Waals surface area contributed by atoms with Gasteiger partial charge in [-0.3, -0.25) is 0 Å². The molecular weight excluding hydrogens is 222 g/mol. The smallest absolute Gasteiger partial charge is 0.126 e. The molecule has 94 valence electrons. The standard InChI is InChI=1S/C14H18F2O/c1-10-3-2-6-14(17,8-10)9-11-7-12(15)4-5-13(11)16/h4-5,7,10,17H,2-3,6,8-9H2,1H3. The first kappa shape index (κ1) is 12.5. The Balaban J connectivity index is 2.16. The first-order valence-corrected chi connectivity index (χ1v) is 6.15. The highest BCUT2D eigenvalue weighted by Crippen LogP contribution is 2.35. The van der Waals surface area contributed by atoms with Crippen LogP contribution in [0, 0.1) is 17.6 Å². The van der Waals surface area contributed by atoms with Gasteiger partial charge in [-0.1, -0.05) is 19.8 Å². The Morgan fingerprint density at radius 3 is 2.88 bits per heavy atom. The zero-order valence-corrected chi connectivity index (χ0v) is 10.0. The Bertz CT molecular complexity index is 405. The molecule has 0 aromatic heterocycles. The number of aliphatic hydroxyl groups is 1. The number of benzene rings is 1. The minimum Gasteiger partial charge on any atom is -0.390 e. The largest absolute Gasteiger partial charge is 0.390 e. The van der Waals surface area contributed by atoms with Gasteiger partial charge in [0, 0.05) is 6.42 Å². The van der Waals surface area contributed by atoms with Crippen LogP contribution in [-0.2, 0) is 6.42 Å². The molecular formula is C14H18F2O. The molecule has 2 atom stereocenters. The van der Waals surface area contributed by atoms with Gasteiger partial charge >= 0.3 is 0 Å². The first-order chi connectivity index (χ1) is 7.98. The molecule has 1 aliphatic carbocycles. The molecule has 0 aliphatic heterocycles. The van der Waals surface area contributed by atoms with Crippen LogP contribution in [-0.4, -0.2) is 10.7 Å². The van der Waals surface area contributed by atoms with Crippen LogP contribution < -0.4 is 0 Å². The van der Waals surface area contributed by atoms with Crippen molar-refractivity contribution in [1.82, 2.24) is 0 Å². The van der Waals surface area contributed by atoms with E-state index in [-0.39, 0.29) is 12.0 Å². The highest BCUT2D eigenvalue weighted by molar-refractivity contribution is 5.21. The van der Waals surface area contributed by atoms with Crippen LogP contribution in [0.5, 0.6) is 0 Å². The maximum atomic E-state index is 13.5. The van der Waals surface area contributed by atoms with Crippen molar-refractivity contribution in [3.63, 3.8) is 0 Å². The molecule has 1 saturated carbocycles. The van der Waals surface area contributed by atoms with Gasteiger partial charge in [-0.25, -0.2) is 8.78 Å². The molecule has 3 heteroatoms. The SMILES string of the molecule is CC1CCCC(O)(Cc2cc(F)ccc2F)C1. The number of hydrogen-bond acceptors (Lipinski definition) is 1. The number of rotatable bonds is 2. The highest BCUT2D eigenvalue weighted by atomic mass is 19.1. The monoisotopic (exact) mass is 240 g/mol. The summed E-state index contributed by atoms with van der Waals surface area (Å²) in [5.41, 5.74) is -0.589. The van der Waals surface area contributed by atoms with E-state index in [0.29, 0.717) is 18.8 Å². The first-order valence-electron chi connectivity index (χ1n) is 6.15. The van der Waals surface area contributed by atoms with Gasteiger partial charge in [0.2, 0.25) is 0 Å². The summed E-state index contributed by atoms with van der Waals surface area (Å²) >= 11 is 0. The molecule has 1 aliphatic rings. The van der Waals surface area contributed by atoms with E-state index in [4.69, 9.17) is 0 Å². The van der Waals surface area contributed by atoms with Gasteiger partial charge in [-0.2, -0.15) is 0 Å². The minimum absolute atomic E-state index is 0.209. The third-order valence-electron chi connectivity index (χ3n) is 3.59. The second-order valence-electron chi connectivity index (χ2n) is 5.34. The van der Waals surface area contributed by atoms with Crippen molar-refractivity contribution < 1.29 is 13.9 Å². The lowest BCUT2D eigenvalue weighted by molar-refractivity contribution is -0.0130. The van der Waals surface area contributed by atoms with Crippen LogP contribution >= 0.6 is 0 Å². The van der Waals surface area contributed by atoms with Crippen LogP contribution in [0.2, 0.25) is 0 Å². The molecule has 0 radical (unpaired) electrons. The van der Waals surface area contributed by atoms with Crippen LogP contribution in [0.1, 0.15) is 38.2 Å². The van der Waals surface area contributed by atoms with Gasteiger partial charge in [-0.15, -0.1) is 0 Å². The molecule has 17 heavy (non-hydrogen) atoms. The van der Waals surface area contributed by atoms with Crippen LogP contribution in [0.15, 0.2) is 18.2 Å². The molecule has 2 unspecified atom stereocenters. The van der Waals surface area contributed by atoms with Gasteiger partial charge in [0.15, 0.2) is 0 Å². The van der Waals surface area contributed by atoms with Crippen LogP contribution in [0.25, 0.3) is 0 Å². The van der Waals surface area contributed by atoms with Gasteiger partial charge in [0.25, 0.3) is 0 Å². The second-order valence-corrected chi connectivity index (χ2v) is 5.34. The summed E-state index contributed by atoms with van der Waals surface area (Å²) in [5.74, 6) is -0.433.